The fourth-order valence-corrected chi connectivity index (χ4v) is 4.26. The molecule has 0 bridgehead atoms. The smallest absolute Gasteiger partial charge is 0.317 e. The number of piperazine rings is 1. The second-order valence-electron chi connectivity index (χ2n) is 8.13. The maximum absolute atomic E-state index is 12.9. The molecule has 9 heteroatoms. The molecule has 3 heterocycles. The maximum atomic E-state index is 12.9. The van der Waals surface area contributed by atoms with Crippen molar-refractivity contribution in [2.24, 2.45) is 0 Å². The lowest BCUT2D eigenvalue weighted by Gasteiger charge is -2.35. The first kappa shape index (κ1) is 22.0. The summed E-state index contributed by atoms with van der Waals surface area (Å²) in [6, 6.07) is 5.07. The molecule has 2 aliphatic heterocycles. The van der Waals surface area contributed by atoms with Gasteiger partial charge >= 0.3 is 6.03 Å². The number of carbonyl (C=O) groups is 2. The topological polar surface area (TPSA) is 88.9 Å². The molecule has 0 unspecified atom stereocenters. The molecule has 9 nitrogen and oxygen atoms in total. The molecule has 2 aliphatic rings. The van der Waals surface area contributed by atoms with Crippen LogP contribution in [0.5, 0.6) is 11.5 Å². The van der Waals surface area contributed by atoms with Gasteiger partial charge in [0, 0.05) is 64.4 Å². The third-order valence-electron chi connectivity index (χ3n) is 6.11. The number of rotatable bonds is 6. The average Bonchev–Trinajstić information content (AvgIpc) is 3.26. The number of benzene rings is 1. The van der Waals surface area contributed by atoms with Gasteiger partial charge in [-0.05, 0) is 25.0 Å². The summed E-state index contributed by atoms with van der Waals surface area (Å²) in [5, 5.41) is 2.99. The van der Waals surface area contributed by atoms with Gasteiger partial charge in [0.2, 0.25) is 0 Å². The van der Waals surface area contributed by atoms with Gasteiger partial charge in [0.25, 0.3) is 5.91 Å². The number of nitrogens with zero attached hydrogens (tertiary/aromatic N) is 4. The van der Waals surface area contributed by atoms with E-state index in [1.54, 1.807) is 35.1 Å². The lowest BCUT2D eigenvalue weighted by Crippen LogP contribution is -2.53. The van der Waals surface area contributed by atoms with Gasteiger partial charge in [-0.3, -0.25) is 4.79 Å². The van der Waals surface area contributed by atoms with Crippen molar-refractivity contribution >= 4 is 11.9 Å². The molecule has 32 heavy (non-hydrogen) atoms. The van der Waals surface area contributed by atoms with Gasteiger partial charge in [-0.25, -0.2) is 9.78 Å². The minimum absolute atomic E-state index is 0.0944. The number of methoxy groups -OCH3 is 2. The van der Waals surface area contributed by atoms with Crippen molar-refractivity contribution in [2.75, 3.05) is 46.9 Å². The van der Waals surface area contributed by atoms with Crippen LogP contribution in [0.1, 0.15) is 34.7 Å². The van der Waals surface area contributed by atoms with E-state index >= 15 is 0 Å². The predicted octanol–water partition coefficient (Wildman–Crippen LogP) is 1.95. The Labute approximate surface area is 188 Å². The number of urea groups is 1. The molecule has 1 fully saturated rings. The highest BCUT2D eigenvalue weighted by atomic mass is 16.5. The molecular formula is C23H31N5O4. The van der Waals surface area contributed by atoms with Crippen LogP contribution in [0.25, 0.3) is 0 Å². The molecule has 1 aromatic heterocycles. The molecule has 1 N–H and O–H groups in total. The summed E-state index contributed by atoms with van der Waals surface area (Å²) >= 11 is 0. The van der Waals surface area contributed by atoms with Crippen molar-refractivity contribution in [3.63, 3.8) is 0 Å². The van der Waals surface area contributed by atoms with E-state index in [9.17, 15) is 9.59 Å². The molecule has 0 atom stereocenters. The van der Waals surface area contributed by atoms with E-state index in [4.69, 9.17) is 9.47 Å². The van der Waals surface area contributed by atoms with Crippen molar-refractivity contribution in [3.05, 3.63) is 41.5 Å². The lowest BCUT2D eigenvalue weighted by molar-refractivity contribution is 0.0662. The quantitative estimate of drug-likeness (QED) is 0.740. The number of amides is 3. The summed E-state index contributed by atoms with van der Waals surface area (Å²) in [7, 11) is 3.11. The molecule has 0 spiro atoms. The van der Waals surface area contributed by atoms with Gasteiger partial charge in [0.05, 0.1) is 25.5 Å². The van der Waals surface area contributed by atoms with E-state index in [0.29, 0.717) is 49.8 Å². The molecular weight excluding hydrogens is 410 g/mol. The Morgan fingerprint density at radius 1 is 1.03 bits per heavy atom. The van der Waals surface area contributed by atoms with Crippen molar-refractivity contribution in [3.8, 4) is 11.5 Å². The van der Waals surface area contributed by atoms with Crippen molar-refractivity contribution in [1.82, 2.24) is 24.7 Å². The van der Waals surface area contributed by atoms with Crippen LogP contribution in [0.2, 0.25) is 0 Å². The minimum atomic E-state index is -0.103. The molecule has 1 saturated heterocycles. The average molecular weight is 442 g/mol. The van der Waals surface area contributed by atoms with E-state index in [-0.39, 0.29) is 11.9 Å². The van der Waals surface area contributed by atoms with Gasteiger partial charge in [0.1, 0.15) is 17.3 Å². The summed E-state index contributed by atoms with van der Waals surface area (Å²) < 4.78 is 12.8. The predicted molar refractivity (Wildman–Crippen MR) is 119 cm³/mol. The Hall–Kier alpha value is -3.23. The standard InChI is InChI=1S/C23H31N5O4/c1-31-18-6-7-19(20(15-18)32-2)22(29)26-11-13-27(14-12-26)23(30)24-9-8-17-16-28-10-4-3-5-21(28)25-17/h6-7,15-16H,3-5,8-14H2,1-2H3,(H,24,30). The second kappa shape index (κ2) is 9.93. The first-order valence-corrected chi connectivity index (χ1v) is 11.2. The van der Waals surface area contributed by atoms with Gasteiger partial charge < -0.3 is 29.2 Å². The number of aryl methyl sites for hydroxylation is 2. The number of imidazole rings is 1. The summed E-state index contributed by atoms with van der Waals surface area (Å²) in [5.41, 5.74) is 1.53. The lowest BCUT2D eigenvalue weighted by atomic mass is 10.1. The van der Waals surface area contributed by atoms with E-state index in [2.05, 4.69) is 21.1 Å². The van der Waals surface area contributed by atoms with E-state index < -0.39 is 0 Å². The van der Waals surface area contributed by atoms with Crippen LogP contribution < -0.4 is 14.8 Å². The van der Waals surface area contributed by atoms with Gasteiger partial charge in [0.15, 0.2) is 0 Å². The van der Waals surface area contributed by atoms with Gasteiger partial charge in [-0.15, -0.1) is 0 Å². The van der Waals surface area contributed by atoms with Crippen LogP contribution in [0.15, 0.2) is 24.4 Å². The Morgan fingerprint density at radius 2 is 1.81 bits per heavy atom. The Kier molecular flexibility index (Phi) is 6.82. The first-order chi connectivity index (χ1) is 15.6. The maximum Gasteiger partial charge on any atom is 0.317 e. The van der Waals surface area contributed by atoms with E-state index in [0.717, 1.165) is 30.9 Å². The van der Waals surface area contributed by atoms with Crippen LogP contribution in [0.4, 0.5) is 4.79 Å². The zero-order valence-corrected chi connectivity index (χ0v) is 18.8. The highest BCUT2D eigenvalue weighted by molar-refractivity contribution is 5.97. The van der Waals surface area contributed by atoms with Crippen LogP contribution in [-0.2, 0) is 19.4 Å². The van der Waals surface area contributed by atoms with Gasteiger partial charge in [-0.2, -0.15) is 0 Å². The van der Waals surface area contributed by atoms with E-state index in [1.165, 1.54) is 20.0 Å². The third kappa shape index (κ3) is 4.81. The number of hydrogen-bond acceptors (Lipinski definition) is 5. The second-order valence-corrected chi connectivity index (χ2v) is 8.13. The molecule has 1 aromatic carbocycles. The van der Waals surface area contributed by atoms with Crippen molar-refractivity contribution in [2.45, 2.75) is 32.2 Å². The van der Waals surface area contributed by atoms with Crippen molar-refractivity contribution in [1.29, 1.82) is 0 Å². The first-order valence-electron chi connectivity index (χ1n) is 11.2. The number of fused-ring (bicyclic) bond motifs is 1. The number of nitrogens with one attached hydrogen (secondary N) is 1. The van der Waals surface area contributed by atoms with E-state index in [1.807, 2.05) is 0 Å². The minimum Gasteiger partial charge on any atom is -0.497 e. The van der Waals surface area contributed by atoms with Crippen molar-refractivity contribution < 1.29 is 19.1 Å². The summed E-state index contributed by atoms with van der Waals surface area (Å²) in [6.45, 7) is 3.55. The zero-order chi connectivity index (χ0) is 22.5. The number of aromatic nitrogens is 2. The molecule has 0 saturated carbocycles. The summed E-state index contributed by atoms with van der Waals surface area (Å²) in [5.74, 6) is 2.17. The SMILES string of the molecule is COc1ccc(C(=O)N2CCN(C(=O)NCCc3cn4c(n3)CCCC4)CC2)c(OC)c1. The molecule has 0 aliphatic carbocycles. The van der Waals surface area contributed by atoms with Crippen LogP contribution in [0.3, 0.4) is 0 Å². The largest absolute Gasteiger partial charge is 0.497 e. The third-order valence-corrected chi connectivity index (χ3v) is 6.11. The Bertz CT molecular complexity index is 942. The number of ether oxygens (including phenoxy) is 2. The molecule has 172 valence electrons. The molecule has 4 rings (SSSR count). The fourth-order valence-electron chi connectivity index (χ4n) is 4.26. The fraction of sp³-hybridized carbons (Fsp3) is 0.522. The Balaban J connectivity index is 1.24. The highest BCUT2D eigenvalue weighted by Gasteiger charge is 2.26. The van der Waals surface area contributed by atoms with Crippen LogP contribution in [0, 0.1) is 0 Å². The normalized spacial score (nSPS) is 15.8. The number of hydrogen-bond donors (Lipinski definition) is 1. The van der Waals surface area contributed by atoms with Crippen LogP contribution >= 0.6 is 0 Å². The molecule has 0 radical (unpaired) electrons. The van der Waals surface area contributed by atoms with Crippen LogP contribution in [-0.4, -0.2) is 78.2 Å². The summed E-state index contributed by atoms with van der Waals surface area (Å²) in [6.07, 6.45) is 6.28. The Morgan fingerprint density at radius 3 is 2.53 bits per heavy atom. The molecule has 3 amide bonds. The highest BCUT2D eigenvalue weighted by Crippen LogP contribution is 2.26. The molecule has 2 aromatic rings. The zero-order valence-electron chi connectivity index (χ0n) is 18.8. The monoisotopic (exact) mass is 441 g/mol. The summed E-state index contributed by atoms with van der Waals surface area (Å²) in [4.78, 5) is 33.7. The number of carbonyl (C=O) groups excluding carboxylic acids is 2. The van der Waals surface area contributed by atoms with Gasteiger partial charge in [-0.1, -0.05) is 0 Å².